The molecule has 1 aliphatic carbocycles. The minimum absolute atomic E-state index is 0.643. The zero-order valence-electron chi connectivity index (χ0n) is 9.90. The van der Waals surface area contributed by atoms with Crippen LogP contribution in [0.15, 0.2) is 28.7 Å². The highest BCUT2D eigenvalue weighted by atomic mass is 35.5. The van der Waals surface area contributed by atoms with Crippen LogP contribution in [0.5, 0.6) is 0 Å². The third-order valence-corrected chi connectivity index (χ3v) is 3.15. The first-order valence-electron chi connectivity index (χ1n) is 6.09. The summed E-state index contributed by atoms with van der Waals surface area (Å²) in [5, 5.41) is 12.1. The lowest BCUT2D eigenvalue weighted by Gasteiger charge is -1.97. The molecule has 4 nitrogen and oxygen atoms in total. The lowest BCUT2D eigenvalue weighted by atomic mass is 10.1. The fourth-order valence-electron chi connectivity index (χ4n) is 1.73. The van der Waals surface area contributed by atoms with E-state index in [2.05, 4.69) is 15.5 Å². The van der Waals surface area contributed by atoms with Crippen LogP contribution >= 0.6 is 11.6 Å². The van der Waals surface area contributed by atoms with E-state index in [1.54, 1.807) is 0 Å². The number of hydrogen-bond acceptors (Lipinski definition) is 4. The van der Waals surface area contributed by atoms with Crippen LogP contribution in [0.3, 0.4) is 0 Å². The zero-order valence-corrected chi connectivity index (χ0v) is 10.7. The van der Waals surface area contributed by atoms with Gasteiger partial charge in [-0.1, -0.05) is 23.7 Å². The van der Waals surface area contributed by atoms with E-state index in [4.69, 9.17) is 16.0 Å². The summed E-state index contributed by atoms with van der Waals surface area (Å²) in [5.74, 6) is 1.30. The predicted octanol–water partition coefficient (Wildman–Crippen LogP) is 2.57. The fraction of sp³-hybridized carbons (Fsp3) is 0.385. The summed E-state index contributed by atoms with van der Waals surface area (Å²) in [5.41, 5.74) is 1.12. The molecule has 0 spiro atoms. The third kappa shape index (κ3) is 3.09. The van der Waals surface area contributed by atoms with Crippen molar-refractivity contribution in [2.75, 3.05) is 0 Å². The molecule has 1 aliphatic rings. The third-order valence-electron chi connectivity index (χ3n) is 2.90. The Hall–Kier alpha value is -1.39. The van der Waals surface area contributed by atoms with Gasteiger partial charge < -0.3 is 9.73 Å². The van der Waals surface area contributed by atoms with E-state index in [1.165, 1.54) is 12.8 Å². The van der Waals surface area contributed by atoms with Gasteiger partial charge in [-0.3, -0.25) is 0 Å². The Bertz CT molecular complexity index is 519. The summed E-state index contributed by atoms with van der Waals surface area (Å²) in [6.45, 7) is 0.665. The van der Waals surface area contributed by atoms with E-state index in [-0.39, 0.29) is 0 Å². The van der Waals surface area contributed by atoms with E-state index in [0.29, 0.717) is 30.8 Å². The van der Waals surface area contributed by atoms with Crippen molar-refractivity contribution >= 4 is 11.6 Å². The maximum absolute atomic E-state index is 5.84. The second-order valence-corrected chi connectivity index (χ2v) is 4.98. The number of benzene rings is 1. The molecular formula is C13H14ClN3O. The van der Waals surface area contributed by atoms with Crippen LogP contribution in [0, 0.1) is 0 Å². The van der Waals surface area contributed by atoms with Gasteiger partial charge in [0.1, 0.15) is 0 Å². The fourth-order valence-corrected chi connectivity index (χ4v) is 1.85. The van der Waals surface area contributed by atoms with Gasteiger partial charge >= 0.3 is 0 Å². The van der Waals surface area contributed by atoms with Crippen LogP contribution in [-0.4, -0.2) is 16.2 Å². The van der Waals surface area contributed by atoms with Gasteiger partial charge in [0.2, 0.25) is 11.8 Å². The second kappa shape index (κ2) is 5.08. The van der Waals surface area contributed by atoms with Crippen molar-refractivity contribution < 1.29 is 4.42 Å². The highest BCUT2D eigenvalue weighted by Gasteiger charge is 2.21. The Morgan fingerprint density at radius 3 is 2.61 bits per heavy atom. The topological polar surface area (TPSA) is 51.0 Å². The molecule has 2 aromatic rings. The largest absolute Gasteiger partial charge is 0.424 e. The summed E-state index contributed by atoms with van der Waals surface area (Å²) in [7, 11) is 0. The summed E-state index contributed by atoms with van der Waals surface area (Å²) < 4.78 is 5.58. The monoisotopic (exact) mass is 263 g/mol. The molecule has 1 fully saturated rings. The smallest absolute Gasteiger partial charge is 0.230 e. The quantitative estimate of drug-likeness (QED) is 0.901. The van der Waals surface area contributed by atoms with Gasteiger partial charge in [-0.2, -0.15) is 0 Å². The number of halogens is 1. The van der Waals surface area contributed by atoms with Crippen LogP contribution in [-0.2, 0) is 13.0 Å². The van der Waals surface area contributed by atoms with E-state index >= 15 is 0 Å². The SMILES string of the molecule is Clc1ccc(Cc2nnc(CNC3CC3)o2)cc1. The lowest BCUT2D eigenvalue weighted by molar-refractivity contribution is 0.438. The molecule has 3 rings (SSSR count). The van der Waals surface area contributed by atoms with Gasteiger partial charge in [0, 0.05) is 11.1 Å². The molecule has 0 amide bonds. The van der Waals surface area contributed by atoms with Crippen molar-refractivity contribution in [1.82, 2.24) is 15.5 Å². The molecule has 0 atom stereocenters. The number of aromatic nitrogens is 2. The van der Waals surface area contributed by atoms with Gasteiger partial charge in [-0.15, -0.1) is 10.2 Å². The van der Waals surface area contributed by atoms with Gasteiger partial charge in [0.05, 0.1) is 13.0 Å². The molecule has 1 saturated carbocycles. The molecule has 18 heavy (non-hydrogen) atoms. The molecule has 1 heterocycles. The van der Waals surface area contributed by atoms with Crippen molar-refractivity contribution in [3.63, 3.8) is 0 Å². The first kappa shape index (κ1) is 11.7. The second-order valence-electron chi connectivity index (χ2n) is 4.55. The molecule has 1 N–H and O–H groups in total. The molecule has 5 heteroatoms. The van der Waals surface area contributed by atoms with Crippen LogP contribution in [0.1, 0.15) is 30.2 Å². The average molecular weight is 264 g/mol. The Balaban J connectivity index is 1.60. The highest BCUT2D eigenvalue weighted by Crippen LogP contribution is 2.19. The van der Waals surface area contributed by atoms with Crippen molar-refractivity contribution in [3.8, 4) is 0 Å². The molecule has 1 aromatic heterocycles. The molecule has 0 radical (unpaired) electrons. The summed E-state index contributed by atoms with van der Waals surface area (Å²) in [6, 6.07) is 8.31. The van der Waals surface area contributed by atoms with Crippen LogP contribution in [0.2, 0.25) is 5.02 Å². The first-order valence-corrected chi connectivity index (χ1v) is 6.46. The molecule has 94 valence electrons. The minimum Gasteiger partial charge on any atom is -0.424 e. The molecular weight excluding hydrogens is 250 g/mol. The Labute approximate surface area is 110 Å². The summed E-state index contributed by atoms with van der Waals surface area (Å²) in [6.07, 6.45) is 3.16. The van der Waals surface area contributed by atoms with E-state index in [9.17, 15) is 0 Å². The Kier molecular flexibility index (Phi) is 3.30. The zero-order chi connectivity index (χ0) is 12.4. The Morgan fingerprint density at radius 2 is 1.89 bits per heavy atom. The van der Waals surface area contributed by atoms with Crippen molar-refractivity contribution in [1.29, 1.82) is 0 Å². The maximum atomic E-state index is 5.84. The highest BCUT2D eigenvalue weighted by molar-refractivity contribution is 6.30. The van der Waals surface area contributed by atoms with Gasteiger partial charge in [-0.25, -0.2) is 0 Å². The van der Waals surface area contributed by atoms with E-state index < -0.39 is 0 Å². The number of nitrogens with one attached hydrogen (secondary N) is 1. The predicted molar refractivity (Wildman–Crippen MR) is 68.4 cm³/mol. The van der Waals surface area contributed by atoms with E-state index in [1.807, 2.05) is 24.3 Å². The molecule has 0 unspecified atom stereocenters. The van der Waals surface area contributed by atoms with Crippen LogP contribution in [0.25, 0.3) is 0 Å². The normalized spacial score (nSPS) is 14.9. The van der Waals surface area contributed by atoms with Crippen LogP contribution < -0.4 is 5.32 Å². The molecule has 1 aromatic carbocycles. The average Bonchev–Trinajstić information content (AvgIpc) is 3.10. The lowest BCUT2D eigenvalue weighted by Crippen LogP contribution is -2.15. The van der Waals surface area contributed by atoms with Crippen LogP contribution in [0.4, 0.5) is 0 Å². The van der Waals surface area contributed by atoms with Gasteiger partial charge in [-0.05, 0) is 30.5 Å². The maximum Gasteiger partial charge on any atom is 0.230 e. The van der Waals surface area contributed by atoms with Crippen molar-refractivity contribution in [2.45, 2.75) is 31.8 Å². The first-order chi connectivity index (χ1) is 8.79. The Morgan fingerprint density at radius 1 is 1.17 bits per heavy atom. The van der Waals surface area contributed by atoms with Crippen molar-refractivity contribution in [2.24, 2.45) is 0 Å². The number of rotatable bonds is 5. The summed E-state index contributed by atoms with van der Waals surface area (Å²) >= 11 is 5.84. The van der Waals surface area contributed by atoms with E-state index in [0.717, 1.165) is 10.6 Å². The number of nitrogens with zero attached hydrogens (tertiary/aromatic N) is 2. The van der Waals surface area contributed by atoms with Gasteiger partial charge in [0.25, 0.3) is 0 Å². The van der Waals surface area contributed by atoms with Gasteiger partial charge in [0.15, 0.2) is 0 Å². The standard InChI is InChI=1S/C13H14ClN3O/c14-10-3-1-9(2-4-10)7-12-16-17-13(18-12)8-15-11-5-6-11/h1-4,11,15H,5-8H2. The van der Waals surface area contributed by atoms with Crippen molar-refractivity contribution in [3.05, 3.63) is 46.6 Å². The molecule has 0 aliphatic heterocycles. The minimum atomic E-state index is 0.643. The molecule has 0 bridgehead atoms. The number of hydrogen-bond donors (Lipinski definition) is 1. The molecule has 0 saturated heterocycles. The summed E-state index contributed by atoms with van der Waals surface area (Å²) in [4.78, 5) is 0.